The maximum absolute atomic E-state index is 12.4. The zero-order valence-corrected chi connectivity index (χ0v) is 14.0. The predicted molar refractivity (Wildman–Crippen MR) is 86.8 cm³/mol. The summed E-state index contributed by atoms with van der Waals surface area (Å²) in [4.78, 5) is 36.4. The van der Waals surface area contributed by atoms with Crippen LogP contribution in [0.3, 0.4) is 0 Å². The molecule has 1 heterocycles. The number of rotatable bonds is 2. The number of esters is 2. The lowest BCUT2D eigenvalue weighted by atomic mass is 9.82. The van der Waals surface area contributed by atoms with Gasteiger partial charge in [-0.2, -0.15) is 0 Å². The lowest BCUT2D eigenvalue weighted by Crippen LogP contribution is -2.36. The second-order valence-electron chi connectivity index (χ2n) is 6.77. The van der Waals surface area contributed by atoms with Gasteiger partial charge in [0.15, 0.2) is 5.78 Å². The van der Waals surface area contributed by atoms with Gasteiger partial charge in [-0.05, 0) is 26.8 Å². The first-order chi connectivity index (χ1) is 11.2. The van der Waals surface area contributed by atoms with Gasteiger partial charge in [-0.25, -0.2) is 9.59 Å². The topological polar surface area (TPSA) is 69.7 Å². The van der Waals surface area contributed by atoms with Crippen LogP contribution < -0.4 is 0 Å². The van der Waals surface area contributed by atoms with Crippen LogP contribution in [0, 0.1) is 11.8 Å². The molecule has 1 aliphatic heterocycles. The molecule has 5 heteroatoms. The van der Waals surface area contributed by atoms with Crippen LogP contribution in [0.2, 0.25) is 0 Å². The van der Waals surface area contributed by atoms with Crippen LogP contribution in [-0.2, 0) is 23.9 Å². The van der Waals surface area contributed by atoms with Crippen LogP contribution in [-0.4, -0.2) is 29.9 Å². The Morgan fingerprint density at radius 3 is 2.62 bits per heavy atom. The van der Waals surface area contributed by atoms with E-state index in [1.807, 2.05) is 13.8 Å². The predicted octanol–water partition coefficient (Wildman–Crippen LogP) is 2.44. The average molecular weight is 328 g/mol. The molecular weight excluding hydrogens is 308 g/mol. The lowest BCUT2D eigenvalue weighted by Gasteiger charge is -2.28. The SMILES string of the molecule is C=C(C)C(=O)O[C@H]1CC(C)=C2C(=O)C=C(C)[C@H]2[C@@H]2OC(=O)C(=C)[C@H]21. The Labute approximate surface area is 140 Å². The molecule has 24 heavy (non-hydrogen) atoms. The van der Waals surface area contributed by atoms with E-state index in [2.05, 4.69) is 13.2 Å². The van der Waals surface area contributed by atoms with E-state index in [-0.39, 0.29) is 17.3 Å². The fourth-order valence-corrected chi connectivity index (χ4v) is 3.86. The van der Waals surface area contributed by atoms with Gasteiger partial charge in [0.1, 0.15) is 12.2 Å². The van der Waals surface area contributed by atoms with Gasteiger partial charge in [0, 0.05) is 29.1 Å². The normalized spacial score (nSPS) is 32.0. The summed E-state index contributed by atoms with van der Waals surface area (Å²) in [6.07, 6.45) is 0.796. The molecule has 0 aromatic heterocycles. The number of hydrogen-bond donors (Lipinski definition) is 0. The molecule has 5 nitrogen and oxygen atoms in total. The molecule has 0 aromatic carbocycles. The Morgan fingerprint density at radius 2 is 2.00 bits per heavy atom. The first-order valence-electron chi connectivity index (χ1n) is 7.90. The van der Waals surface area contributed by atoms with Gasteiger partial charge in [-0.1, -0.05) is 24.3 Å². The largest absolute Gasteiger partial charge is 0.458 e. The fourth-order valence-electron chi connectivity index (χ4n) is 3.86. The van der Waals surface area contributed by atoms with Gasteiger partial charge in [-0.15, -0.1) is 0 Å². The maximum atomic E-state index is 12.4. The van der Waals surface area contributed by atoms with Gasteiger partial charge >= 0.3 is 11.9 Å². The van der Waals surface area contributed by atoms with Crippen LogP contribution in [0.25, 0.3) is 0 Å². The van der Waals surface area contributed by atoms with Crippen molar-refractivity contribution in [2.75, 3.05) is 0 Å². The van der Waals surface area contributed by atoms with Crippen molar-refractivity contribution in [3.05, 3.63) is 47.1 Å². The molecule has 0 aromatic rings. The van der Waals surface area contributed by atoms with Crippen molar-refractivity contribution in [1.29, 1.82) is 0 Å². The summed E-state index contributed by atoms with van der Waals surface area (Å²) < 4.78 is 11.1. The van der Waals surface area contributed by atoms with Crippen molar-refractivity contribution in [2.45, 2.75) is 39.4 Å². The van der Waals surface area contributed by atoms with Gasteiger partial charge in [0.05, 0.1) is 5.92 Å². The quantitative estimate of drug-likeness (QED) is 0.575. The van der Waals surface area contributed by atoms with Gasteiger partial charge in [0.2, 0.25) is 0 Å². The minimum atomic E-state index is -0.600. The summed E-state index contributed by atoms with van der Waals surface area (Å²) in [5, 5.41) is 0. The average Bonchev–Trinajstić information content (AvgIpc) is 2.89. The third-order valence-electron chi connectivity index (χ3n) is 4.99. The highest BCUT2D eigenvalue weighted by atomic mass is 16.6. The molecule has 1 fully saturated rings. The highest BCUT2D eigenvalue weighted by Crippen LogP contribution is 2.48. The highest BCUT2D eigenvalue weighted by Gasteiger charge is 2.53. The molecule has 0 radical (unpaired) electrons. The van der Waals surface area contributed by atoms with Crippen LogP contribution in [0.4, 0.5) is 0 Å². The van der Waals surface area contributed by atoms with E-state index in [9.17, 15) is 14.4 Å². The Kier molecular flexibility index (Phi) is 3.82. The van der Waals surface area contributed by atoms with E-state index in [0.717, 1.165) is 11.1 Å². The molecule has 0 amide bonds. The molecule has 0 N–H and O–H groups in total. The zero-order valence-electron chi connectivity index (χ0n) is 14.0. The first-order valence-corrected chi connectivity index (χ1v) is 7.90. The summed E-state index contributed by atoms with van der Waals surface area (Å²) in [6.45, 7) is 12.7. The fraction of sp³-hybridized carbons (Fsp3) is 0.421. The Hall–Kier alpha value is -2.43. The number of carbonyl (C=O) groups is 3. The van der Waals surface area contributed by atoms with Crippen LogP contribution in [0.1, 0.15) is 27.2 Å². The number of hydrogen-bond acceptors (Lipinski definition) is 5. The van der Waals surface area contributed by atoms with Crippen molar-refractivity contribution in [3.63, 3.8) is 0 Å². The van der Waals surface area contributed by atoms with Crippen LogP contribution >= 0.6 is 0 Å². The van der Waals surface area contributed by atoms with E-state index in [1.165, 1.54) is 0 Å². The van der Waals surface area contributed by atoms with Crippen molar-refractivity contribution < 1.29 is 23.9 Å². The Morgan fingerprint density at radius 1 is 1.33 bits per heavy atom. The van der Waals surface area contributed by atoms with Gasteiger partial charge in [-0.3, -0.25) is 4.79 Å². The number of carbonyl (C=O) groups excluding carboxylic acids is 3. The van der Waals surface area contributed by atoms with Crippen molar-refractivity contribution >= 4 is 17.7 Å². The summed E-state index contributed by atoms with van der Waals surface area (Å²) in [6, 6.07) is 0. The molecule has 2 aliphatic carbocycles. The van der Waals surface area contributed by atoms with E-state index in [4.69, 9.17) is 9.47 Å². The van der Waals surface area contributed by atoms with Crippen molar-refractivity contribution in [2.24, 2.45) is 11.8 Å². The van der Waals surface area contributed by atoms with Gasteiger partial charge in [0.25, 0.3) is 0 Å². The molecule has 0 bridgehead atoms. The molecular formula is C19H20O5. The number of allylic oxidation sites excluding steroid dienone is 1. The Bertz CT molecular complexity index is 752. The monoisotopic (exact) mass is 328 g/mol. The number of ether oxygens (including phenoxy) is 2. The van der Waals surface area contributed by atoms with Crippen LogP contribution in [0.5, 0.6) is 0 Å². The lowest BCUT2D eigenvalue weighted by molar-refractivity contribution is -0.148. The number of ketones is 1. The zero-order chi connectivity index (χ0) is 17.8. The molecule has 3 aliphatic rings. The van der Waals surface area contributed by atoms with Crippen molar-refractivity contribution in [1.82, 2.24) is 0 Å². The molecule has 0 unspecified atom stereocenters. The van der Waals surface area contributed by atoms with E-state index >= 15 is 0 Å². The number of fused-ring (bicyclic) bond motifs is 3. The second-order valence-corrected chi connectivity index (χ2v) is 6.77. The standard InChI is InChI=1S/C19H20O5/c1-8(2)18(21)23-13-7-10(4)14-12(20)6-9(3)15(14)17-16(13)11(5)19(22)24-17/h6,13,15-17H,1,5,7H2,2-4H3/t13-,15+,16-,17-/m0/s1. The second kappa shape index (κ2) is 5.58. The molecule has 1 saturated heterocycles. The molecule has 4 atom stereocenters. The third kappa shape index (κ3) is 2.35. The molecule has 0 saturated carbocycles. The third-order valence-corrected chi connectivity index (χ3v) is 4.99. The minimum Gasteiger partial charge on any atom is -0.458 e. The van der Waals surface area contributed by atoms with Crippen LogP contribution in [0.15, 0.2) is 47.1 Å². The van der Waals surface area contributed by atoms with Crippen molar-refractivity contribution in [3.8, 4) is 0 Å². The highest BCUT2D eigenvalue weighted by molar-refractivity contribution is 6.09. The maximum Gasteiger partial charge on any atom is 0.334 e. The smallest absolute Gasteiger partial charge is 0.334 e. The summed E-state index contributed by atoms with van der Waals surface area (Å²) >= 11 is 0. The summed E-state index contributed by atoms with van der Waals surface area (Å²) in [5.41, 5.74) is 2.94. The summed E-state index contributed by atoms with van der Waals surface area (Å²) in [7, 11) is 0. The molecule has 3 rings (SSSR count). The molecule has 0 spiro atoms. The Balaban J connectivity index is 2.06. The van der Waals surface area contributed by atoms with E-state index in [1.54, 1.807) is 13.0 Å². The van der Waals surface area contributed by atoms with E-state index in [0.29, 0.717) is 17.6 Å². The van der Waals surface area contributed by atoms with Gasteiger partial charge < -0.3 is 9.47 Å². The summed E-state index contributed by atoms with van der Waals surface area (Å²) in [5.74, 6) is -1.83. The first kappa shape index (κ1) is 16.4. The van der Waals surface area contributed by atoms with E-state index < -0.39 is 30.1 Å². The molecule has 126 valence electrons. The minimum absolute atomic E-state index is 0.0609.